The number of quaternary nitrogens is 1. The molecule has 0 bridgehead atoms. The lowest BCUT2D eigenvalue weighted by atomic mass is 10.1. The molecule has 0 atom stereocenters. The molecule has 0 radical (unpaired) electrons. The lowest BCUT2D eigenvalue weighted by Gasteiger charge is -2.15. The van der Waals surface area contributed by atoms with Crippen molar-refractivity contribution in [1.82, 2.24) is 15.1 Å². The van der Waals surface area contributed by atoms with Gasteiger partial charge >= 0.3 is 0 Å². The minimum atomic E-state index is -0.0485. The molecule has 0 spiro atoms. The minimum Gasteiger partial charge on any atom is -0.348 e. The highest BCUT2D eigenvalue weighted by atomic mass is 16.1. The van der Waals surface area contributed by atoms with E-state index in [1.54, 1.807) is 4.90 Å². The number of amides is 1. The second-order valence-electron chi connectivity index (χ2n) is 8.27. The van der Waals surface area contributed by atoms with E-state index in [0.717, 1.165) is 17.9 Å². The molecule has 1 saturated heterocycles. The van der Waals surface area contributed by atoms with E-state index in [1.807, 2.05) is 36.7 Å². The van der Waals surface area contributed by atoms with Crippen molar-refractivity contribution in [2.75, 3.05) is 13.1 Å². The number of hydrogen-bond donors (Lipinski definition) is 2. The zero-order valence-corrected chi connectivity index (χ0v) is 17.9. The summed E-state index contributed by atoms with van der Waals surface area (Å²) in [6, 6.07) is 18.7. The second-order valence-corrected chi connectivity index (χ2v) is 8.27. The predicted molar refractivity (Wildman–Crippen MR) is 118 cm³/mol. The number of aryl methyl sites for hydroxylation is 1. The van der Waals surface area contributed by atoms with Crippen LogP contribution in [0.25, 0.3) is 0 Å². The molecular formula is C25H31N4O+. The summed E-state index contributed by atoms with van der Waals surface area (Å²) in [6.07, 6.45) is 2.64. The molecule has 1 aliphatic heterocycles. The summed E-state index contributed by atoms with van der Waals surface area (Å²) in [5.74, 6) is -0.0485. The number of carbonyl (C=O) groups is 1. The van der Waals surface area contributed by atoms with E-state index in [4.69, 9.17) is 0 Å². The van der Waals surface area contributed by atoms with Crippen LogP contribution in [-0.2, 0) is 19.6 Å². The van der Waals surface area contributed by atoms with Gasteiger partial charge in [0, 0.05) is 30.6 Å². The third kappa shape index (κ3) is 4.62. The van der Waals surface area contributed by atoms with Crippen molar-refractivity contribution >= 4 is 5.91 Å². The third-order valence-corrected chi connectivity index (χ3v) is 6.09. The van der Waals surface area contributed by atoms with Crippen LogP contribution >= 0.6 is 0 Å². The molecule has 1 aromatic heterocycles. The van der Waals surface area contributed by atoms with E-state index in [2.05, 4.69) is 46.8 Å². The van der Waals surface area contributed by atoms with Gasteiger partial charge in [-0.05, 0) is 25.0 Å². The van der Waals surface area contributed by atoms with Gasteiger partial charge in [-0.25, -0.2) is 0 Å². The molecule has 1 fully saturated rings. The summed E-state index contributed by atoms with van der Waals surface area (Å²) >= 11 is 0. The molecule has 4 rings (SSSR count). The molecule has 1 aliphatic rings. The van der Waals surface area contributed by atoms with Crippen LogP contribution < -0.4 is 10.2 Å². The topological polar surface area (TPSA) is 51.4 Å². The maximum atomic E-state index is 13.0. The monoisotopic (exact) mass is 403 g/mol. The number of nitrogens with one attached hydrogen (secondary N) is 2. The van der Waals surface area contributed by atoms with Crippen molar-refractivity contribution in [3.05, 3.63) is 88.2 Å². The molecule has 0 saturated carbocycles. The highest BCUT2D eigenvalue weighted by Crippen LogP contribution is 2.16. The number of benzene rings is 2. The summed E-state index contributed by atoms with van der Waals surface area (Å²) < 4.78 is 1.92. The van der Waals surface area contributed by atoms with E-state index < -0.39 is 0 Å². The molecule has 156 valence electrons. The molecule has 5 heteroatoms. The Bertz CT molecular complexity index is 1000. The maximum Gasteiger partial charge on any atom is 0.255 e. The van der Waals surface area contributed by atoms with E-state index in [1.165, 1.54) is 42.6 Å². The number of carbonyl (C=O) groups excluding carboxylic acids is 1. The van der Waals surface area contributed by atoms with E-state index in [9.17, 15) is 4.79 Å². The smallest absolute Gasteiger partial charge is 0.255 e. The summed E-state index contributed by atoms with van der Waals surface area (Å²) in [5, 5.41) is 7.76. The summed E-state index contributed by atoms with van der Waals surface area (Å²) in [4.78, 5) is 14.7. The summed E-state index contributed by atoms with van der Waals surface area (Å²) in [5.41, 5.74) is 6.08. The Morgan fingerprint density at radius 1 is 1.00 bits per heavy atom. The fourth-order valence-electron chi connectivity index (χ4n) is 4.42. The minimum absolute atomic E-state index is 0.0485. The van der Waals surface area contributed by atoms with Crippen LogP contribution in [0.1, 0.15) is 51.3 Å². The van der Waals surface area contributed by atoms with Gasteiger partial charge < -0.3 is 10.2 Å². The average Bonchev–Trinajstić information content (AvgIpc) is 3.36. The first-order chi connectivity index (χ1) is 14.6. The third-order valence-electron chi connectivity index (χ3n) is 6.09. The second kappa shape index (κ2) is 9.26. The molecule has 30 heavy (non-hydrogen) atoms. The Morgan fingerprint density at radius 2 is 1.67 bits per heavy atom. The fourth-order valence-corrected chi connectivity index (χ4v) is 4.42. The molecular weight excluding hydrogens is 372 g/mol. The number of aromatic nitrogens is 2. The molecule has 3 aromatic rings. The number of nitrogens with zero attached hydrogens (tertiary/aromatic N) is 2. The van der Waals surface area contributed by atoms with Gasteiger partial charge in [0.2, 0.25) is 0 Å². The Kier molecular flexibility index (Phi) is 6.29. The number of rotatable bonds is 7. The van der Waals surface area contributed by atoms with Gasteiger partial charge in [0.25, 0.3) is 5.91 Å². The molecule has 0 unspecified atom stereocenters. The van der Waals surface area contributed by atoms with Gasteiger partial charge in [-0.15, -0.1) is 0 Å². The van der Waals surface area contributed by atoms with E-state index >= 15 is 0 Å². The highest BCUT2D eigenvalue weighted by molar-refractivity contribution is 5.96. The lowest BCUT2D eigenvalue weighted by Crippen LogP contribution is -3.08. The molecule has 0 aliphatic carbocycles. The first-order valence-electron chi connectivity index (χ1n) is 10.9. The first kappa shape index (κ1) is 20.4. The summed E-state index contributed by atoms with van der Waals surface area (Å²) in [6.45, 7) is 8.64. The van der Waals surface area contributed by atoms with Crippen molar-refractivity contribution in [2.24, 2.45) is 0 Å². The zero-order chi connectivity index (χ0) is 20.9. The van der Waals surface area contributed by atoms with Crippen molar-refractivity contribution in [2.45, 2.75) is 46.3 Å². The van der Waals surface area contributed by atoms with E-state index in [-0.39, 0.29) is 5.91 Å². The SMILES string of the molecule is Cc1nn(Cc2ccccc2)c(C)c1C(=O)NCc1ccccc1C[NH+]1CCCC1. The van der Waals surface area contributed by atoms with Crippen molar-refractivity contribution in [1.29, 1.82) is 0 Å². The molecule has 5 nitrogen and oxygen atoms in total. The largest absolute Gasteiger partial charge is 0.348 e. The zero-order valence-electron chi connectivity index (χ0n) is 17.9. The van der Waals surface area contributed by atoms with Gasteiger partial charge in [0.1, 0.15) is 6.54 Å². The first-order valence-corrected chi connectivity index (χ1v) is 10.9. The van der Waals surface area contributed by atoms with Crippen molar-refractivity contribution in [3.8, 4) is 0 Å². The molecule has 2 aromatic carbocycles. The predicted octanol–water partition coefficient (Wildman–Crippen LogP) is 2.66. The average molecular weight is 404 g/mol. The van der Waals surface area contributed by atoms with Gasteiger partial charge in [-0.1, -0.05) is 54.6 Å². The Balaban J connectivity index is 1.45. The Hall–Kier alpha value is -2.92. The fraction of sp³-hybridized carbons (Fsp3) is 0.360. The van der Waals surface area contributed by atoms with Crippen LogP contribution in [0, 0.1) is 13.8 Å². The summed E-state index contributed by atoms with van der Waals surface area (Å²) in [7, 11) is 0. The van der Waals surface area contributed by atoms with Gasteiger partial charge in [-0.2, -0.15) is 5.10 Å². The van der Waals surface area contributed by atoms with Crippen LogP contribution in [0.4, 0.5) is 0 Å². The molecule has 2 N–H and O–H groups in total. The molecule has 2 heterocycles. The highest BCUT2D eigenvalue weighted by Gasteiger charge is 2.20. The van der Waals surface area contributed by atoms with Crippen LogP contribution in [0.5, 0.6) is 0 Å². The van der Waals surface area contributed by atoms with Crippen LogP contribution in [0.2, 0.25) is 0 Å². The van der Waals surface area contributed by atoms with Crippen molar-refractivity contribution in [3.63, 3.8) is 0 Å². The lowest BCUT2D eigenvalue weighted by molar-refractivity contribution is -0.901. The van der Waals surface area contributed by atoms with Gasteiger partial charge in [-0.3, -0.25) is 9.48 Å². The Labute approximate surface area is 178 Å². The van der Waals surface area contributed by atoms with Crippen LogP contribution in [0.3, 0.4) is 0 Å². The van der Waals surface area contributed by atoms with Crippen LogP contribution in [0.15, 0.2) is 54.6 Å². The van der Waals surface area contributed by atoms with Gasteiger partial charge in [0.05, 0.1) is 30.9 Å². The quantitative estimate of drug-likeness (QED) is 0.637. The Morgan fingerprint density at radius 3 is 2.40 bits per heavy atom. The molecule has 1 amide bonds. The standard InChI is InChI=1S/C25H30N4O/c1-19-24(20(2)29(27-19)17-21-10-4-3-5-11-21)25(30)26-16-22-12-6-7-13-23(22)18-28-14-8-9-15-28/h3-7,10-13H,8-9,14-18H2,1-2H3,(H,26,30)/p+1. The van der Waals surface area contributed by atoms with E-state index in [0.29, 0.717) is 18.7 Å². The number of likely N-dealkylation sites (tertiary alicyclic amines) is 1. The van der Waals surface area contributed by atoms with Gasteiger partial charge in [0.15, 0.2) is 0 Å². The number of hydrogen-bond acceptors (Lipinski definition) is 2. The maximum absolute atomic E-state index is 13.0. The normalized spacial score (nSPS) is 14.2. The van der Waals surface area contributed by atoms with Crippen molar-refractivity contribution < 1.29 is 9.69 Å². The van der Waals surface area contributed by atoms with Crippen LogP contribution in [-0.4, -0.2) is 28.8 Å².